The number of ether oxygens (including phenoxy) is 2. The molecule has 160 valence electrons. The Morgan fingerprint density at radius 2 is 1.77 bits per heavy atom. The van der Waals surface area contributed by atoms with E-state index in [0.29, 0.717) is 11.3 Å². The zero-order chi connectivity index (χ0) is 22.2. The second-order valence-electron chi connectivity index (χ2n) is 6.67. The van der Waals surface area contributed by atoms with Crippen molar-refractivity contribution in [2.75, 3.05) is 12.4 Å². The lowest BCUT2D eigenvalue weighted by Crippen LogP contribution is -2.23. The summed E-state index contributed by atoms with van der Waals surface area (Å²) in [6.45, 7) is -0.348. The number of aliphatic hydroxyl groups is 1. The van der Waals surface area contributed by atoms with Crippen LogP contribution in [0.2, 0.25) is 0 Å². The lowest BCUT2D eigenvalue weighted by atomic mass is 10.2. The number of carbonyl (C=O) groups excluding carboxylic acids is 2. The molecule has 2 N–H and O–H groups in total. The van der Waals surface area contributed by atoms with Crippen molar-refractivity contribution in [2.45, 2.75) is 19.8 Å². The molecule has 0 radical (unpaired) electrons. The van der Waals surface area contributed by atoms with Crippen molar-refractivity contribution >= 4 is 17.6 Å². The van der Waals surface area contributed by atoms with Crippen molar-refractivity contribution in [3.63, 3.8) is 0 Å². The van der Waals surface area contributed by atoms with E-state index >= 15 is 0 Å². The molecule has 0 aliphatic rings. The highest BCUT2D eigenvalue weighted by Gasteiger charge is 2.12. The molecule has 8 nitrogen and oxygen atoms in total. The Bertz CT molecular complexity index is 1110. The number of rotatable bonds is 8. The molecule has 0 fully saturated rings. The van der Waals surface area contributed by atoms with Crippen LogP contribution >= 0.6 is 0 Å². The van der Waals surface area contributed by atoms with E-state index in [1.54, 1.807) is 12.1 Å². The number of methoxy groups -OCH3 is 1. The molecular formula is C23H22N2O6. The first-order chi connectivity index (χ1) is 15.0. The van der Waals surface area contributed by atoms with Crippen LogP contribution in [-0.4, -0.2) is 28.7 Å². The van der Waals surface area contributed by atoms with Crippen molar-refractivity contribution in [2.24, 2.45) is 0 Å². The van der Waals surface area contributed by atoms with Gasteiger partial charge in [-0.25, -0.2) is 4.79 Å². The fourth-order valence-corrected chi connectivity index (χ4v) is 2.88. The summed E-state index contributed by atoms with van der Waals surface area (Å²) in [4.78, 5) is 36.2. The zero-order valence-electron chi connectivity index (χ0n) is 16.9. The van der Waals surface area contributed by atoms with Gasteiger partial charge in [-0.2, -0.15) is 0 Å². The van der Waals surface area contributed by atoms with Crippen LogP contribution in [0.1, 0.15) is 21.6 Å². The van der Waals surface area contributed by atoms with Crippen molar-refractivity contribution in [1.29, 1.82) is 0 Å². The number of benzene rings is 2. The highest BCUT2D eigenvalue weighted by molar-refractivity contribution is 5.93. The largest absolute Gasteiger partial charge is 0.483 e. The molecule has 1 aromatic heterocycles. The number of amides is 1. The molecule has 0 bridgehead atoms. The van der Waals surface area contributed by atoms with Crippen LogP contribution < -0.4 is 15.5 Å². The maximum absolute atomic E-state index is 12.5. The molecule has 31 heavy (non-hydrogen) atoms. The molecule has 3 rings (SSSR count). The van der Waals surface area contributed by atoms with Crippen LogP contribution in [-0.2, 0) is 29.3 Å². The summed E-state index contributed by atoms with van der Waals surface area (Å²) in [5.41, 5.74) is 1.66. The molecular weight excluding hydrogens is 400 g/mol. The molecule has 0 saturated heterocycles. The Hall–Kier alpha value is -3.91. The molecule has 1 heterocycles. The van der Waals surface area contributed by atoms with Gasteiger partial charge in [0.05, 0.1) is 25.5 Å². The number of aliphatic hydroxyl groups excluding tert-OH is 1. The number of carbonyl (C=O) groups is 2. The summed E-state index contributed by atoms with van der Waals surface area (Å²) >= 11 is 0. The fourth-order valence-electron chi connectivity index (χ4n) is 2.88. The minimum atomic E-state index is -0.471. The van der Waals surface area contributed by atoms with Crippen LogP contribution in [0, 0.1) is 0 Å². The minimum Gasteiger partial charge on any atom is -0.483 e. The van der Waals surface area contributed by atoms with E-state index < -0.39 is 12.6 Å². The summed E-state index contributed by atoms with van der Waals surface area (Å²) in [6.07, 6.45) is 1.41. The Morgan fingerprint density at radius 1 is 1.06 bits per heavy atom. The molecule has 1 amide bonds. The number of nitrogens with one attached hydrogen (secondary N) is 1. The molecule has 0 aliphatic heterocycles. The van der Waals surface area contributed by atoms with Crippen LogP contribution in [0.15, 0.2) is 71.7 Å². The Labute approximate surface area is 178 Å². The lowest BCUT2D eigenvalue weighted by molar-refractivity contribution is -0.116. The number of anilines is 1. The van der Waals surface area contributed by atoms with E-state index in [1.807, 2.05) is 30.3 Å². The summed E-state index contributed by atoms with van der Waals surface area (Å²) in [5, 5.41) is 12.3. The summed E-state index contributed by atoms with van der Waals surface area (Å²) in [7, 11) is 1.29. The average molecular weight is 422 g/mol. The van der Waals surface area contributed by atoms with Crippen molar-refractivity contribution < 1.29 is 24.2 Å². The smallest absolute Gasteiger partial charge is 0.337 e. The topological polar surface area (TPSA) is 107 Å². The minimum absolute atomic E-state index is 0.0799. The molecule has 8 heteroatoms. The standard InChI is InChI=1S/C23H22N2O6/c1-30-23(29)17-7-9-18(10-8-17)24-22(28)13-25-12-21(20(27)11-19(25)14-26)31-15-16-5-3-2-4-6-16/h2-12,26H,13-15H2,1H3,(H,24,28). The summed E-state index contributed by atoms with van der Waals surface area (Å²) < 4.78 is 11.7. The first kappa shape index (κ1) is 21.8. The van der Waals surface area contributed by atoms with Gasteiger partial charge in [-0.3, -0.25) is 9.59 Å². The van der Waals surface area contributed by atoms with Gasteiger partial charge in [0.1, 0.15) is 13.2 Å². The molecule has 0 spiro atoms. The third kappa shape index (κ3) is 5.80. The molecule has 0 aliphatic carbocycles. The first-order valence-corrected chi connectivity index (χ1v) is 9.49. The zero-order valence-corrected chi connectivity index (χ0v) is 16.9. The summed E-state index contributed by atoms with van der Waals surface area (Å²) in [6, 6.07) is 16.9. The maximum Gasteiger partial charge on any atom is 0.337 e. The van der Waals surface area contributed by atoms with Crippen LogP contribution in [0.25, 0.3) is 0 Å². The second-order valence-corrected chi connectivity index (χ2v) is 6.67. The van der Waals surface area contributed by atoms with E-state index in [4.69, 9.17) is 4.74 Å². The quantitative estimate of drug-likeness (QED) is 0.540. The van der Waals surface area contributed by atoms with E-state index in [0.717, 1.165) is 5.56 Å². The van der Waals surface area contributed by atoms with E-state index in [1.165, 1.54) is 36.1 Å². The first-order valence-electron chi connectivity index (χ1n) is 9.49. The van der Waals surface area contributed by atoms with E-state index in [-0.39, 0.29) is 35.9 Å². The lowest BCUT2D eigenvalue weighted by Gasteiger charge is -2.14. The third-order valence-corrected chi connectivity index (χ3v) is 4.49. The maximum atomic E-state index is 12.5. The Balaban J connectivity index is 1.71. The van der Waals surface area contributed by atoms with Crippen molar-refractivity contribution in [1.82, 2.24) is 4.57 Å². The SMILES string of the molecule is COC(=O)c1ccc(NC(=O)Cn2cc(OCc3ccccc3)c(=O)cc2CO)cc1. The predicted octanol–water partition coefficient (Wildman–Crippen LogP) is 2.34. The van der Waals surface area contributed by atoms with Crippen LogP contribution in [0.3, 0.4) is 0 Å². The van der Waals surface area contributed by atoms with Gasteiger partial charge < -0.3 is 24.5 Å². The summed E-state index contributed by atoms with van der Waals surface area (Å²) in [5.74, 6) is -0.767. The van der Waals surface area contributed by atoms with Gasteiger partial charge >= 0.3 is 5.97 Å². The molecule has 3 aromatic rings. The second kappa shape index (κ2) is 10.2. The van der Waals surface area contributed by atoms with Crippen LogP contribution in [0.4, 0.5) is 5.69 Å². The Morgan fingerprint density at radius 3 is 2.42 bits per heavy atom. The normalized spacial score (nSPS) is 10.4. The molecule has 0 unspecified atom stereocenters. The van der Waals surface area contributed by atoms with Crippen molar-refractivity contribution in [3.05, 3.63) is 93.9 Å². The number of hydrogen-bond acceptors (Lipinski definition) is 6. The van der Waals surface area contributed by atoms with Crippen LogP contribution in [0.5, 0.6) is 5.75 Å². The Kier molecular flexibility index (Phi) is 7.18. The van der Waals surface area contributed by atoms with Gasteiger partial charge in [-0.05, 0) is 29.8 Å². The third-order valence-electron chi connectivity index (χ3n) is 4.49. The monoisotopic (exact) mass is 422 g/mol. The van der Waals surface area contributed by atoms with Gasteiger partial charge in [-0.1, -0.05) is 30.3 Å². The number of esters is 1. The fraction of sp³-hybridized carbons (Fsp3) is 0.174. The van der Waals surface area contributed by atoms with Crippen molar-refractivity contribution in [3.8, 4) is 5.75 Å². The van der Waals surface area contributed by atoms with Gasteiger partial charge in [0.25, 0.3) is 0 Å². The van der Waals surface area contributed by atoms with Gasteiger partial charge in [0, 0.05) is 17.4 Å². The number of aromatic nitrogens is 1. The highest BCUT2D eigenvalue weighted by Crippen LogP contribution is 2.13. The molecule has 0 saturated carbocycles. The number of hydrogen-bond donors (Lipinski definition) is 2. The van der Waals surface area contributed by atoms with Gasteiger partial charge in [0.15, 0.2) is 5.75 Å². The average Bonchev–Trinajstić information content (AvgIpc) is 2.79. The highest BCUT2D eigenvalue weighted by atomic mass is 16.5. The molecule has 0 atom stereocenters. The number of nitrogens with zero attached hydrogens (tertiary/aromatic N) is 1. The number of pyridine rings is 1. The van der Waals surface area contributed by atoms with Gasteiger partial charge in [-0.15, -0.1) is 0 Å². The molecule has 2 aromatic carbocycles. The van der Waals surface area contributed by atoms with E-state index in [9.17, 15) is 19.5 Å². The van der Waals surface area contributed by atoms with Gasteiger partial charge in [0.2, 0.25) is 11.3 Å². The van der Waals surface area contributed by atoms with E-state index in [2.05, 4.69) is 10.1 Å². The predicted molar refractivity (Wildman–Crippen MR) is 114 cm³/mol.